The lowest BCUT2D eigenvalue weighted by Gasteiger charge is -2.19. The van der Waals surface area contributed by atoms with E-state index in [1.165, 1.54) is 6.07 Å². The quantitative estimate of drug-likeness (QED) is 0.670. The third-order valence-electron chi connectivity index (χ3n) is 3.83. The molecule has 1 aliphatic heterocycles. The summed E-state index contributed by atoms with van der Waals surface area (Å²) in [6.45, 7) is 2.24. The molecule has 6 nitrogen and oxygen atoms in total. The fourth-order valence-electron chi connectivity index (χ4n) is 2.72. The SMILES string of the molecule is Cc1nc(NC2CCCOc3c(Cl)cccc32)ccc1[N+](=O)[O-]. The van der Waals surface area contributed by atoms with Gasteiger partial charge in [-0.05, 0) is 31.9 Å². The van der Waals surface area contributed by atoms with E-state index >= 15 is 0 Å². The number of nitrogens with one attached hydrogen (secondary N) is 1. The summed E-state index contributed by atoms with van der Waals surface area (Å²) < 4.78 is 5.74. The van der Waals surface area contributed by atoms with Gasteiger partial charge in [0.05, 0.1) is 22.6 Å². The standard InChI is InChI=1S/C16H16ClN3O3/c1-10-14(20(21)22)7-8-15(18-10)19-13-6-3-9-23-16-11(13)4-2-5-12(16)17/h2,4-5,7-8,13H,3,6,9H2,1H3,(H,18,19). The molecule has 0 fully saturated rings. The van der Waals surface area contributed by atoms with Crippen molar-refractivity contribution in [2.45, 2.75) is 25.8 Å². The number of rotatable bonds is 3. The molecule has 0 spiro atoms. The smallest absolute Gasteiger partial charge is 0.290 e. The second kappa shape index (κ2) is 6.42. The van der Waals surface area contributed by atoms with Crippen molar-refractivity contribution in [1.29, 1.82) is 0 Å². The molecule has 3 rings (SSSR count). The third-order valence-corrected chi connectivity index (χ3v) is 4.13. The predicted molar refractivity (Wildman–Crippen MR) is 88.2 cm³/mol. The second-order valence-corrected chi connectivity index (χ2v) is 5.81. The van der Waals surface area contributed by atoms with Crippen molar-refractivity contribution in [3.63, 3.8) is 0 Å². The van der Waals surface area contributed by atoms with E-state index in [1.807, 2.05) is 12.1 Å². The number of nitrogens with zero attached hydrogens (tertiary/aromatic N) is 2. The van der Waals surface area contributed by atoms with Crippen LogP contribution in [0.25, 0.3) is 0 Å². The van der Waals surface area contributed by atoms with Gasteiger partial charge in [-0.1, -0.05) is 23.7 Å². The van der Waals surface area contributed by atoms with Crippen molar-refractivity contribution in [3.8, 4) is 5.75 Å². The number of pyridine rings is 1. The van der Waals surface area contributed by atoms with Gasteiger partial charge in [0.1, 0.15) is 17.3 Å². The van der Waals surface area contributed by atoms with Crippen LogP contribution in [0.5, 0.6) is 5.75 Å². The lowest BCUT2D eigenvalue weighted by molar-refractivity contribution is -0.385. The van der Waals surface area contributed by atoms with E-state index in [2.05, 4.69) is 10.3 Å². The van der Waals surface area contributed by atoms with E-state index in [0.717, 1.165) is 18.4 Å². The number of hydrogen-bond donors (Lipinski definition) is 1. The number of halogens is 1. The number of nitro groups is 1. The van der Waals surface area contributed by atoms with Crippen LogP contribution in [0.4, 0.5) is 11.5 Å². The maximum atomic E-state index is 10.9. The molecule has 1 aromatic carbocycles. The highest BCUT2D eigenvalue weighted by molar-refractivity contribution is 6.32. The van der Waals surface area contributed by atoms with Crippen molar-refractivity contribution in [3.05, 3.63) is 56.7 Å². The molecule has 0 aliphatic carbocycles. The molecule has 0 radical (unpaired) electrons. The zero-order chi connectivity index (χ0) is 16.4. The molecule has 2 aromatic rings. The lowest BCUT2D eigenvalue weighted by atomic mass is 10.0. The fourth-order valence-corrected chi connectivity index (χ4v) is 2.96. The third kappa shape index (κ3) is 3.22. The Hall–Kier alpha value is -2.34. The molecule has 0 saturated heterocycles. The van der Waals surface area contributed by atoms with Crippen LogP contribution in [0, 0.1) is 17.0 Å². The number of hydrogen-bond acceptors (Lipinski definition) is 5. The van der Waals surface area contributed by atoms with E-state index in [4.69, 9.17) is 16.3 Å². The first kappa shape index (κ1) is 15.6. The van der Waals surface area contributed by atoms with Gasteiger partial charge in [-0.2, -0.15) is 0 Å². The molecule has 1 aromatic heterocycles. The van der Waals surface area contributed by atoms with Crippen molar-refractivity contribution in [2.75, 3.05) is 11.9 Å². The Kier molecular flexibility index (Phi) is 4.34. The number of aryl methyl sites for hydroxylation is 1. The molecule has 0 amide bonds. The van der Waals surface area contributed by atoms with Gasteiger partial charge < -0.3 is 10.1 Å². The van der Waals surface area contributed by atoms with Crippen molar-refractivity contribution < 1.29 is 9.66 Å². The van der Waals surface area contributed by atoms with Crippen LogP contribution in [0.2, 0.25) is 5.02 Å². The monoisotopic (exact) mass is 333 g/mol. The van der Waals surface area contributed by atoms with Crippen LogP contribution < -0.4 is 10.1 Å². The number of fused-ring (bicyclic) bond motifs is 1. The Balaban J connectivity index is 1.90. The van der Waals surface area contributed by atoms with Crippen LogP contribution in [-0.2, 0) is 0 Å². The van der Waals surface area contributed by atoms with Gasteiger partial charge >= 0.3 is 0 Å². The summed E-state index contributed by atoms with van der Waals surface area (Å²) in [6.07, 6.45) is 1.75. The number of ether oxygens (including phenoxy) is 1. The number of benzene rings is 1. The molecular formula is C16H16ClN3O3. The fraction of sp³-hybridized carbons (Fsp3) is 0.312. The van der Waals surface area contributed by atoms with Crippen LogP contribution in [0.15, 0.2) is 30.3 Å². The minimum atomic E-state index is -0.430. The molecular weight excluding hydrogens is 318 g/mol. The highest BCUT2D eigenvalue weighted by Crippen LogP contribution is 2.38. The summed E-state index contributed by atoms with van der Waals surface area (Å²) in [7, 11) is 0. The van der Waals surface area contributed by atoms with E-state index in [0.29, 0.717) is 28.9 Å². The molecule has 1 aliphatic rings. The van der Waals surface area contributed by atoms with Crippen LogP contribution in [-0.4, -0.2) is 16.5 Å². The Morgan fingerprint density at radius 2 is 2.22 bits per heavy atom. The van der Waals surface area contributed by atoms with E-state index in [-0.39, 0.29) is 11.7 Å². The van der Waals surface area contributed by atoms with Gasteiger partial charge in [-0.3, -0.25) is 10.1 Å². The maximum absolute atomic E-state index is 10.9. The summed E-state index contributed by atoms with van der Waals surface area (Å²) >= 11 is 6.22. The molecule has 0 saturated carbocycles. The molecule has 7 heteroatoms. The number of anilines is 1. The summed E-state index contributed by atoms with van der Waals surface area (Å²) in [5.74, 6) is 1.30. The normalized spacial score (nSPS) is 16.9. The zero-order valence-corrected chi connectivity index (χ0v) is 13.3. The average molecular weight is 334 g/mol. The van der Waals surface area contributed by atoms with Crippen LogP contribution >= 0.6 is 11.6 Å². The highest BCUT2D eigenvalue weighted by Gasteiger charge is 2.22. The lowest BCUT2D eigenvalue weighted by Crippen LogP contribution is -2.12. The molecule has 0 bridgehead atoms. The maximum Gasteiger partial charge on any atom is 0.290 e. The van der Waals surface area contributed by atoms with Gasteiger partial charge in [-0.25, -0.2) is 4.98 Å². The van der Waals surface area contributed by atoms with Gasteiger partial charge in [0.2, 0.25) is 0 Å². The van der Waals surface area contributed by atoms with E-state index < -0.39 is 4.92 Å². The highest BCUT2D eigenvalue weighted by atomic mass is 35.5. The van der Waals surface area contributed by atoms with Gasteiger partial charge in [-0.15, -0.1) is 0 Å². The molecule has 23 heavy (non-hydrogen) atoms. The van der Waals surface area contributed by atoms with Gasteiger partial charge in [0.25, 0.3) is 5.69 Å². The zero-order valence-electron chi connectivity index (χ0n) is 12.6. The minimum Gasteiger partial charge on any atom is -0.492 e. The van der Waals surface area contributed by atoms with E-state index in [1.54, 1.807) is 19.1 Å². The van der Waals surface area contributed by atoms with Crippen LogP contribution in [0.3, 0.4) is 0 Å². The minimum absolute atomic E-state index is 0.000411. The summed E-state index contributed by atoms with van der Waals surface area (Å²) in [5.41, 5.74) is 1.38. The molecule has 120 valence electrons. The topological polar surface area (TPSA) is 77.3 Å². The Morgan fingerprint density at radius 3 is 2.96 bits per heavy atom. The molecule has 1 atom stereocenters. The summed E-state index contributed by atoms with van der Waals surface area (Å²) in [4.78, 5) is 14.7. The molecule has 2 heterocycles. The van der Waals surface area contributed by atoms with Gasteiger partial charge in [0, 0.05) is 11.6 Å². The number of aromatic nitrogens is 1. The molecule has 1 N–H and O–H groups in total. The van der Waals surface area contributed by atoms with Crippen molar-refractivity contribution in [1.82, 2.24) is 4.98 Å². The largest absolute Gasteiger partial charge is 0.492 e. The van der Waals surface area contributed by atoms with Crippen molar-refractivity contribution >= 4 is 23.1 Å². The second-order valence-electron chi connectivity index (χ2n) is 5.40. The van der Waals surface area contributed by atoms with Crippen LogP contribution in [0.1, 0.15) is 30.1 Å². The van der Waals surface area contributed by atoms with Crippen molar-refractivity contribution in [2.24, 2.45) is 0 Å². The first-order chi connectivity index (χ1) is 11.1. The predicted octanol–water partition coefficient (Wildman–Crippen LogP) is 4.28. The Bertz CT molecular complexity index is 751. The summed E-state index contributed by atoms with van der Waals surface area (Å²) in [6, 6.07) is 8.76. The first-order valence-corrected chi connectivity index (χ1v) is 7.74. The summed E-state index contributed by atoms with van der Waals surface area (Å²) in [5, 5.41) is 14.8. The Morgan fingerprint density at radius 1 is 1.39 bits per heavy atom. The average Bonchev–Trinajstić information content (AvgIpc) is 2.71. The van der Waals surface area contributed by atoms with E-state index in [9.17, 15) is 10.1 Å². The van der Waals surface area contributed by atoms with Gasteiger partial charge in [0.15, 0.2) is 0 Å². The number of para-hydroxylation sites is 1. The Labute approximate surface area is 138 Å². The molecule has 1 unspecified atom stereocenters. The first-order valence-electron chi connectivity index (χ1n) is 7.36.